The smallest absolute Gasteiger partial charge is 0.231 e. The van der Waals surface area contributed by atoms with E-state index in [1.807, 2.05) is 38.1 Å². The number of hydrogen-bond acceptors (Lipinski definition) is 1. The molecule has 122 valence electrons. The third-order valence-corrected chi connectivity index (χ3v) is 4.36. The standard InChI is InChI=1S/C20H24ClNO/c1-13(2)11-16-6-8-17(9-7-16)15(4)20(23)22-18-10-5-14(3)19(21)12-18/h5-10,12-13,15H,11H2,1-4H3,(H,22,23). The summed E-state index contributed by atoms with van der Waals surface area (Å²) in [6.07, 6.45) is 1.06. The van der Waals surface area contributed by atoms with Gasteiger partial charge in [-0.25, -0.2) is 0 Å². The molecule has 2 aromatic rings. The number of amides is 1. The number of rotatable bonds is 5. The van der Waals surface area contributed by atoms with Gasteiger partial charge < -0.3 is 5.32 Å². The van der Waals surface area contributed by atoms with Gasteiger partial charge in [-0.15, -0.1) is 0 Å². The Bertz CT molecular complexity index is 677. The molecule has 1 N–H and O–H groups in total. The number of carbonyl (C=O) groups excluding carboxylic acids is 1. The van der Waals surface area contributed by atoms with E-state index >= 15 is 0 Å². The number of anilines is 1. The van der Waals surface area contributed by atoms with Gasteiger partial charge in [-0.2, -0.15) is 0 Å². The highest BCUT2D eigenvalue weighted by Gasteiger charge is 2.15. The number of halogens is 1. The molecule has 1 atom stereocenters. The number of aryl methyl sites for hydroxylation is 1. The van der Waals surface area contributed by atoms with Crippen molar-refractivity contribution in [3.63, 3.8) is 0 Å². The Labute approximate surface area is 143 Å². The van der Waals surface area contributed by atoms with Crippen LogP contribution in [0.4, 0.5) is 5.69 Å². The number of benzene rings is 2. The predicted molar refractivity (Wildman–Crippen MR) is 98.2 cm³/mol. The first kappa shape index (κ1) is 17.6. The normalized spacial score (nSPS) is 12.3. The second-order valence-electron chi connectivity index (χ2n) is 6.51. The van der Waals surface area contributed by atoms with Gasteiger partial charge in [0, 0.05) is 10.7 Å². The van der Waals surface area contributed by atoms with Crippen molar-refractivity contribution in [1.82, 2.24) is 0 Å². The molecule has 1 amide bonds. The Kier molecular flexibility index (Phi) is 5.84. The molecule has 2 aromatic carbocycles. The Morgan fingerprint density at radius 3 is 2.30 bits per heavy atom. The first-order valence-electron chi connectivity index (χ1n) is 8.02. The van der Waals surface area contributed by atoms with Crippen LogP contribution in [0.25, 0.3) is 0 Å². The lowest BCUT2D eigenvalue weighted by Gasteiger charge is -2.14. The van der Waals surface area contributed by atoms with Gasteiger partial charge in [-0.05, 0) is 55.0 Å². The molecule has 0 saturated carbocycles. The SMILES string of the molecule is Cc1ccc(NC(=O)C(C)c2ccc(CC(C)C)cc2)cc1Cl. The van der Waals surface area contributed by atoms with Gasteiger partial charge in [0.2, 0.25) is 5.91 Å². The topological polar surface area (TPSA) is 29.1 Å². The molecular weight excluding hydrogens is 306 g/mol. The van der Waals surface area contributed by atoms with Crippen LogP contribution in [-0.2, 0) is 11.2 Å². The highest BCUT2D eigenvalue weighted by molar-refractivity contribution is 6.31. The molecule has 0 radical (unpaired) electrons. The Morgan fingerprint density at radius 1 is 1.09 bits per heavy atom. The minimum Gasteiger partial charge on any atom is -0.326 e. The maximum atomic E-state index is 12.4. The van der Waals surface area contributed by atoms with E-state index in [0.717, 1.165) is 23.2 Å². The molecule has 0 heterocycles. The van der Waals surface area contributed by atoms with E-state index in [9.17, 15) is 4.79 Å². The molecule has 0 aliphatic carbocycles. The zero-order chi connectivity index (χ0) is 17.0. The molecule has 3 heteroatoms. The number of hydrogen-bond donors (Lipinski definition) is 1. The van der Waals surface area contributed by atoms with Crippen molar-refractivity contribution in [2.24, 2.45) is 5.92 Å². The van der Waals surface area contributed by atoms with E-state index < -0.39 is 0 Å². The van der Waals surface area contributed by atoms with Gasteiger partial charge in [-0.1, -0.05) is 55.8 Å². The van der Waals surface area contributed by atoms with Crippen molar-refractivity contribution < 1.29 is 4.79 Å². The summed E-state index contributed by atoms with van der Waals surface area (Å²) in [7, 11) is 0. The van der Waals surface area contributed by atoms with E-state index in [1.54, 1.807) is 6.07 Å². The van der Waals surface area contributed by atoms with Crippen molar-refractivity contribution >= 4 is 23.2 Å². The van der Waals surface area contributed by atoms with E-state index in [-0.39, 0.29) is 11.8 Å². The van der Waals surface area contributed by atoms with Crippen molar-refractivity contribution in [3.05, 3.63) is 64.2 Å². The van der Waals surface area contributed by atoms with Crippen LogP contribution in [0.15, 0.2) is 42.5 Å². The minimum absolute atomic E-state index is 0.0264. The number of carbonyl (C=O) groups is 1. The molecule has 0 fully saturated rings. The highest BCUT2D eigenvalue weighted by atomic mass is 35.5. The predicted octanol–water partition coefficient (Wildman–Crippen LogP) is 5.59. The summed E-state index contributed by atoms with van der Waals surface area (Å²) in [6, 6.07) is 13.9. The van der Waals surface area contributed by atoms with Crippen molar-refractivity contribution in [1.29, 1.82) is 0 Å². The molecular formula is C20H24ClNO. The monoisotopic (exact) mass is 329 g/mol. The van der Waals surface area contributed by atoms with Crippen LogP contribution in [-0.4, -0.2) is 5.91 Å². The molecule has 23 heavy (non-hydrogen) atoms. The van der Waals surface area contributed by atoms with E-state index in [4.69, 9.17) is 11.6 Å². The lowest BCUT2D eigenvalue weighted by atomic mass is 9.96. The Balaban J connectivity index is 2.05. The summed E-state index contributed by atoms with van der Waals surface area (Å²) in [5, 5.41) is 3.59. The van der Waals surface area contributed by atoms with Crippen LogP contribution in [0, 0.1) is 12.8 Å². The van der Waals surface area contributed by atoms with Gasteiger partial charge in [-0.3, -0.25) is 4.79 Å². The first-order valence-corrected chi connectivity index (χ1v) is 8.40. The number of nitrogens with one attached hydrogen (secondary N) is 1. The summed E-state index contributed by atoms with van der Waals surface area (Å²) in [5.41, 5.74) is 4.06. The van der Waals surface area contributed by atoms with Crippen molar-refractivity contribution in [2.75, 3.05) is 5.32 Å². The highest BCUT2D eigenvalue weighted by Crippen LogP contribution is 2.23. The summed E-state index contributed by atoms with van der Waals surface area (Å²) < 4.78 is 0. The maximum Gasteiger partial charge on any atom is 0.231 e. The van der Waals surface area contributed by atoms with Crippen LogP contribution in [0.1, 0.15) is 43.4 Å². The van der Waals surface area contributed by atoms with Crippen molar-refractivity contribution in [2.45, 2.75) is 40.0 Å². The summed E-state index contributed by atoms with van der Waals surface area (Å²) >= 11 is 6.10. The Hall–Kier alpha value is -1.80. The lowest BCUT2D eigenvalue weighted by molar-refractivity contribution is -0.117. The molecule has 0 aromatic heterocycles. The quantitative estimate of drug-likeness (QED) is 0.761. The Morgan fingerprint density at radius 2 is 1.74 bits per heavy atom. The molecule has 2 nitrogen and oxygen atoms in total. The van der Waals surface area contributed by atoms with Gasteiger partial charge in [0.1, 0.15) is 0 Å². The second kappa shape index (κ2) is 7.65. The average molecular weight is 330 g/mol. The minimum atomic E-state index is -0.205. The summed E-state index contributed by atoms with van der Waals surface area (Å²) in [4.78, 5) is 12.4. The van der Waals surface area contributed by atoms with Crippen LogP contribution >= 0.6 is 11.6 Å². The third kappa shape index (κ3) is 4.84. The zero-order valence-electron chi connectivity index (χ0n) is 14.2. The molecule has 0 bridgehead atoms. The summed E-state index contributed by atoms with van der Waals surface area (Å²) in [5.74, 6) is 0.401. The van der Waals surface area contributed by atoms with Crippen LogP contribution in [0.3, 0.4) is 0 Å². The molecule has 0 aliphatic heterocycles. The maximum absolute atomic E-state index is 12.4. The summed E-state index contributed by atoms with van der Waals surface area (Å²) in [6.45, 7) is 8.27. The fourth-order valence-electron chi connectivity index (χ4n) is 2.49. The fourth-order valence-corrected chi connectivity index (χ4v) is 2.67. The second-order valence-corrected chi connectivity index (χ2v) is 6.92. The fraction of sp³-hybridized carbons (Fsp3) is 0.350. The van der Waals surface area contributed by atoms with Gasteiger partial charge in [0.15, 0.2) is 0 Å². The van der Waals surface area contributed by atoms with Gasteiger partial charge in [0.25, 0.3) is 0 Å². The van der Waals surface area contributed by atoms with E-state index in [1.165, 1.54) is 5.56 Å². The van der Waals surface area contributed by atoms with Crippen LogP contribution in [0.2, 0.25) is 5.02 Å². The van der Waals surface area contributed by atoms with Gasteiger partial charge >= 0.3 is 0 Å². The lowest BCUT2D eigenvalue weighted by Crippen LogP contribution is -2.18. The third-order valence-electron chi connectivity index (χ3n) is 3.96. The van der Waals surface area contributed by atoms with Gasteiger partial charge in [0.05, 0.1) is 5.92 Å². The first-order chi connectivity index (χ1) is 10.9. The molecule has 2 rings (SSSR count). The van der Waals surface area contributed by atoms with Crippen LogP contribution < -0.4 is 5.32 Å². The zero-order valence-corrected chi connectivity index (χ0v) is 14.9. The molecule has 0 saturated heterocycles. The molecule has 0 spiro atoms. The average Bonchev–Trinajstić information content (AvgIpc) is 2.50. The largest absolute Gasteiger partial charge is 0.326 e. The van der Waals surface area contributed by atoms with E-state index in [0.29, 0.717) is 10.9 Å². The molecule has 0 aliphatic rings. The van der Waals surface area contributed by atoms with Crippen molar-refractivity contribution in [3.8, 4) is 0 Å². The van der Waals surface area contributed by atoms with Crippen LogP contribution in [0.5, 0.6) is 0 Å². The molecule has 1 unspecified atom stereocenters. The van der Waals surface area contributed by atoms with E-state index in [2.05, 4.69) is 31.3 Å².